The summed E-state index contributed by atoms with van der Waals surface area (Å²) in [5.74, 6) is 0.276. The predicted molar refractivity (Wildman–Crippen MR) is 121 cm³/mol. The number of fused-ring (bicyclic) bond motifs is 1. The molecular formula is C25H29N3O4. The lowest BCUT2D eigenvalue weighted by Crippen LogP contribution is -2.56. The predicted octanol–water partition coefficient (Wildman–Crippen LogP) is 4.25. The summed E-state index contributed by atoms with van der Waals surface area (Å²) in [4.78, 5) is 26.6. The Hall–Kier alpha value is -3.53. The molecule has 0 bridgehead atoms. The first kappa shape index (κ1) is 23.1. The molecule has 1 atom stereocenters. The van der Waals surface area contributed by atoms with Gasteiger partial charge in [0, 0.05) is 16.7 Å². The first-order valence-electron chi connectivity index (χ1n) is 10.5. The number of hydrogen-bond acceptors (Lipinski definition) is 5. The van der Waals surface area contributed by atoms with Crippen molar-refractivity contribution in [3.63, 3.8) is 0 Å². The summed E-state index contributed by atoms with van der Waals surface area (Å²) in [5.41, 5.74) is 5.53. The topological polar surface area (TPSA) is 91.7 Å². The summed E-state index contributed by atoms with van der Waals surface area (Å²) < 4.78 is 11.6. The highest BCUT2D eigenvalue weighted by Gasteiger charge is 2.33. The molecule has 1 unspecified atom stereocenters. The van der Waals surface area contributed by atoms with Gasteiger partial charge in [0.15, 0.2) is 11.5 Å². The summed E-state index contributed by atoms with van der Waals surface area (Å²) in [7, 11) is 0. The van der Waals surface area contributed by atoms with Gasteiger partial charge in [0.05, 0.1) is 18.0 Å². The molecule has 7 heteroatoms. The van der Waals surface area contributed by atoms with Crippen LogP contribution in [0.4, 0.5) is 0 Å². The van der Waals surface area contributed by atoms with Gasteiger partial charge in [-0.3, -0.25) is 15.0 Å². The molecule has 2 aromatic carbocycles. The minimum atomic E-state index is -0.686. The Balaban J connectivity index is 1.93. The van der Waals surface area contributed by atoms with Crippen molar-refractivity contribution in [2.24, 2.45) is 0 Å². The molecule has 1 aliphatic rings. The Labute approximate surface area is 188 Å². The Morgan fingerprint density at radius 2 is 1.81 bits per heavy atom. The SMILES string of the molecule is Cc1cc(C)cc(C(=O)NN(C(=O)c2ccc3c(c2C)OC(CC#N)CO3)C(C)(C)C)c1. The Kier molecular flexibility index (Phi) is 6.45. The molecule has 0 radical (unpaired) electrons. The van der Waals surface area contributed by atoms with Gasteiger partial charge in [-0.25, -0.2) is 5.01 Å². The van der Waals surface area contributed by atoms with Gasteiger partial charge in [0.2, 0.25) is 0 Å². The molecule has 168 valence electrons. The zero-order chi connectivity index (χ0) is 23.6. The van der Waals surface area contributed by atoms with Crippen LogP contribution in [0.15, 0.2) is 30.3 Å². The second-order valence-corrected chi connectivity index (χ2v) is 9.11. The summed E-state index contributed by atoms with van der Waals surface area (Å²) in [5, 5.41) is 10.3. The number of amides is 2. The number of hydrazine groups is 1. The molecule has 3 rings (SSSR count). The maximum absolute atomic E-state index is 13.6. The second-order valence-electron chi connectivity index (χ2n) is 9.11. The van der Waals surface area contributed by atoms with E-state index in [1.54, 1.807) is 31.2 Å². The molecule has 0 fully saturated rings. The number of aryl methyl sites for hydroxylation is 2. The summed E-state index contributed by atoms with van der Waals surface area (Å²) in [6, 6.07) is 11.0. The minimum absolute atomic E-state index is 0.192. The monoisotopic (exact) mass is 435 g/mol. The van der Waals surface area contributed by atoms with Crippen LogP contribution in [0.3, 0.4) is 0 Å². The van der Waals surface area contributed by atoms with E-state index in [-0.39, 0.29) is 30.9 Å². The molecule has 1 N–H and O–H groups in total. The van der Waals surface area contributed by atoms with Crippen LogP contribution in [0.1, 0.15) is 64.6 Å². The highest BCUT2D eigenvalue weighted by molar-refractivity contribution is 6.00. The molecule has 2 amide bonds. The quantitative estimate of drug-likeness (QED) is 0.728. The number of benzene rings is 2. The second kappa shape index (κ2) is 8.91. The Bertz CT molecular complexity index is 1080. The summed E-state index contributed by atoms with van der Waals surface area (Å²) >= 11 is 0. The molecule has 1 heterocycles. The first-order valence-corrected chi connectivity index (χ1v) is 10.5. The molecule has 0 saturated carbocycles. The third-order valence-electron chi connectivity index (χ3n) is 5.20. The molecule has 32 heavy (non-hydrogen) atoms. The van der Waals surface area contributed by atoms with Gasteiger partial charge < -0.3 is 9.47 Å². The number of hydrogen-bond donors (Lipinski definition) is 1. The molecule has 0 aliphatic carbocycles. The standard InChI is InChI=1S/C25H29N3O4/c1-15-11-16(2)13-18(12-15)23(29)27-28(25(4,5)6)24(30)20-7-8-21-22(17(20)3)32-19(9-10-26)14-31-21/h7-8,11-13,19H,9,14H2,1-6H3,(H,27,29). The van der Waals surface area contributed by atoms with Crippen LogP contribution in [0.2, 0.25) is 0 Å². The molecular weight excluding hydrogens is 406 g/mol. The van der Waals surface area contributed by atoms with Crippen molar-refractivity contribution in [2.45, 2.75) is 59.6 Å². The van der Waals surface area contributed by atoms with Gasteiger partial charge in [-0.15, -0.1) is 0 Å². The van der Waals surface area contributed by atoms with E-state index in [1.165, 1.54) is 5.01 Å². The number of nitrogens with zero attached hydrogens (tertiary/aromatic N) is 2. The van der Waals surface area contributed by atoms with Gasteiger partial charge in [-0.1, -0.05) is 17.2 Å². The van der Waals surface area contributed by atoms with Gasteiger partial charge in [-0.05, 0) is 65.8 Å². The van der Waals surface area contributed by atoms with E-state index < -0.39 is 5.54 Å². The van der Waals surface area contributed by atoms with E-state index in [2.05, 4.69) is 11.5 Å². The third kappa shape index (κ3) is 4.86. The number of nitrogens with one attached hydrogen (secondary N) is 1. The largest absolute Gasteiger partial charge is 0.486 e. The van der Waals surface area contributed by atoms with Gasteiger partial charge in [-0.2, -0.15) is 5.26 Å². The lowest BCUT2D eigenvalue weighted by atomic mass is 10.0. The van der Waals surface area contributed by atoms with Gasteiger partial charge >= 0.3 is 0 Å². The molecule has 0 spiro atoms. The van der Waals surface area contributed by atoms with Crippen LogP contribution in [0.25, 0.3) is 0 Å². The molecule has 1 aliphatic heterocycles. The molecule has 2 aromatic rings. The fourth-order valence-corrected chi connectivity index (χ4v) is 3.66. The van der Waals surface area contributed by atoms with Crippen molar-refractivity contribution in [1.29, 1.82) is 5.26 Å². The number of rotatable bonds is 3. The van der Waals surface area contributed by atoms with E-state index in [1.807, 2.05) is 40.7 Å². The maximum atomic E-state index is 13.6. The zero-order valence-corrected chi connectivity index (χ0v) is 19.4. The fraction of sp³-hybridized carbons (Fsp3) is 0.400. The highest BCUT2D eigenvalue weighted by Crippen LogP contribution is 2.38. The Morgan fingerprint density at radius 1 is 1.16 bits per heavy atom. The van der Waals surface area contributed by atoms with Crippen LogP contribution < -0.4 is 14.9 Å². The number of carbonyl (C=O) groups excluding carboxylic acids is 2. The fourth-order valence-electron chi connectivity index (χ4n) is 3.66. The zero-order valence-electron chi connectivity index (χ0n) is 19.4. The van der Waals surface area contributed by atoms with Crippen molar-refractivity contribution >= 4 is 11.8 Å². The van der Waals surface area contributed by atoms with Crippen molar-refractivity contribution in [2.75, 3.05) is 6.61 Å². The van der Waals surface area contributed by atoms with Crippen LogP contribution in [0.5, 0.6) is 11.5 Å². The smallest absolute Gasteiger partial charge is 0.273 e. The number of nitriles is 1. The average molecular weight is 436 g/mol. The van der Waals surface area contributed by atoms with E-state index in [9.17, 15) is 9.59 Å². The maximum Gasteiger partial charge on any atom is 0.273 e. The molecule has 7 nitrogen and oxygen atoms in total. The van der Waals surface area contributed by atoms with Crippen molar-refractivity contribution in [3.05, 3.63) is 58.1 Å². The third-order valence-corrected chi connectivity index (χ3v) is 5.20. The average Bonchev–Trinajstić information content (AvgIpc) is 2.70. The van der Waals surface area contributed by atoms with Gasteiger partial charge in [0.1, 0.15) is 12.7 Å². The van der Waals surface area contributed by atoms with Crippen LogP contribution >= 0.6 is 0 Å². The van der Waals surface area contributed by atoms with Crippen molar-refractivity contribution in [1.82, 2.24) is 10.4 Å². The van der Waals surface area contributed by atoms with Crippen molar-refractivity contribution < 1.29 is 19.1 Å². The highest BCUT2D eigenvalue weighted by atomic mass is 16.6. The van der Waals surface area contributed by atoms with E-state index in [4.69, 9.17) is 14.7 Å². The van der Waals surface area contributed by atoms with Crippen LogP contribution in [-0.2, 0) is 0 Å². The van der Waals surface area contributed by atoms with Crippen molar-refractivity contribution in [3.8, 4) is 17.6 Å². The van der Waals surface area contributed by atoms with Gasteiger partial charge in [0.25, 0.3) is 11.8 Å². The molecule has 0 aromatic heterocycles. The summed E-state index contributed by atoms with van der Waals surface area (Å²) in [6.07, 6.45) is -0.198. The number of ether oxygens (including phenoxy) is 2. The van der Waals surface area contributed by atoms with E-state index >= 15 is 0 Å². The minimum Gasteiger partial charge on any atom is -0.486 e. The van der Waals surface area contributed by atoms with Crippen LogP contribution in [-0.4, -0.2) is 35.1 Å². The van der Waals surface area contributed by atoms with E-state index in [0.29, 0.717) is 28.2 Å². The van der Waals surface area contributed by atoms with Crippen LogP contribution in [0, 0.1) is 32.1 Å². The normalized spacial score (nSPS) is 15.0. The molecule has 0 saturated heterocycles. The number of carbonyl (C=O) groups is 2. The first-order chi connectivity index (χ1) is 15.0. The lowest BCUT2D eigenvalue weighted by molar-refractivity contribution is 0.0356. The van der Waals surface area contributed by atoms with E-state index in [0.717, 1.165) is 11.1 Å². The lowest BCUT2D eigenvalue weighted by Gasteiger charge is -2.36. The summed E-state index contributed by atoms with van der Waals surface area (Å²) in [6.45, 7) is 11.5. The Morgan fingerprint density at radius 3 is 2.41 bits per heavy atom.